The van der Waals surface area contributed by atoms with E-state index in [1.54, 1.807) is 7.05 Å². The number of likely N-dealkylation sites (N-methyl/N-ethyl adjacent to an activating group) is 1. The van der Waals surface area contributed by atoms with Gasteiger partial charge in [0.2, 0.25) is 11.8 Å². The summed E-state index contributed by atoms with van der Waals surface area (Å²) in [6.07, 6.45) is 0.555. The van der Waals surface area contributed by atoms with Gasteiger partial charge in [-0.1, -0.05) is 60.7 Å². The summed E-state index contributed by atoms with van der Waals surface area (Å²) in [4.78, 5) is 38.3. The molecule has 0 aromatic heterocycles. The van der Waals surface area contributed by atoms with E-state index >= 15 is 0 Å². The Morgan fingerprint density at radius 3 is 2.07 bits per heavy atom. The van der Waals surface area contributed by atoms with Crippen molar-refractivity contribution in [1.82, 2.24) is 15.2 Å². The lowest BCUT2D eigenvalue weighted by atomic mass is 10.0. The van der Waals surface area contributed by atoms with E-state index in [2.05, 4.69) is 10.5 Å². The van der Waals surface area contributed by atoms with Gasteiger partial charge in [0.1, 0.15) is 6.54 Å². The Morgan fingerprint density at radius 2 is 1.57 bits per heavy atom. The summed E-state index contributed by atoms with van der Waals surface area (Å²) in [5.74, 6) is -0.502. The van der Waals surface area contributed by atoms with Crippen molar-refractivity contribution in [2.45, 2.75) is 12.8 Å². The molecule has 0 aliphatic carbocycles. The number of hydrazone groups is 1. The molecule has 1 aliphatic rings. The first kappa shape index (κ1) is 19.3. The van der Waals surface area contributed by atoms with E-state index in [0.29, 0.717) is 12.1 Å². The minimum atomic E-state index is -0.320. The number of hydrogen-bond donors (Lipinski definition) is 1. The molecule has 0 radical (unpaired) electrons. The standard InChI is InChI=1S/C21H22N4O3/c1-24-15-19(27)25(21(24)28)14-8-13-18(26)22-23-20(16-9-4-2-5-10-16)17-11-6-3-7-12-17/h2-7,9-12H,8,13-15H2,1H3,(H,22,26). The van der Waals surface area contributed by atoms with Crippen LogP contribution in [-0.4, -0.2) is 53.5 Å². The number of urea groups is 1. The molecule has 1 saturated heterocycles. The average Bonchev–Trinajstić information content (AvgIpc) is 2.96. The van der Waals surface area contributed by atoms with Crippen molar-refractivity contribution in [2.75, 3.05) is 20.1 Å². The summed E-state index contributed by atoms with van der Waals surface area (Å²) < 4.78 is 0. The molecule has 0 bridgehead atoms. The van der Waals surface area contributed by atoms with E-state index < -0.39 is 0 Å². The van der Waals surface area contributed by atoms with Crippen LogP contribution in [0.2, 0.25) is 0 Å². The van der Waals surface area contributed by atoms with Gasteiger partial charge < -0.3 is 4.90 Å². The van der Waals surface area contributed by atoms with Crippen LogP contribution in [0.3, 0.4) is 0 Å². The molecular formula is C21H22N4O3. The molecule has 7 nitrogen and oxygen atoms in total. The Morgan fingerprint density at radius 1 is 1.00 bits per heavy atom. The molecule has 1 fully saturated rings. The monoisotopic (exact) mass is 378 g/mol. The van der Waals surface area contributed by atoms with Crippen molar-refractivity contribution in [2.24, 2.45) is 5.10 Å². The van der Waals surface area contributed by atoms with Crippen LogP contribution in [0.25, 0.3) is 0 Å². The van der Waals surface area contributed by atoms with Crippen LogP contribution in [0.4, 0.5) is 4.79 Å². The maximum absolute atomic E-state index is 12.2. The van der Waals surface area contributed by atoms with Crippen molar-refractivity contribution in [3.8, 4) is 0 Å². The molecular weight excluding hydrogens is 356 g/mol. The van der Waals surface area contributed by atoms with Crippen LogP contribution in [0.15, 0.2) is 65.8 Å². The van der Waals surface area contributed by atoms with Gasteiger partial charge in [0.25, 0.3) is 0 Å². The highest BCUT2D eigenvalue weighted by Gasteiger charge is 2.32. The predicted molar refractivity (Wildman–Crippen MR) is 106 cm³/mol. The summed E-state index contributed by atoms with van der Waals surface area (Å²) >= 11 is 0. The van der Waals surface area contributed by atoms with Crippen LogP contribution in [-0.2, 0) is 9.59 Å². The molecule has 7 heteroatoms. The summed E-state index contributed by atoms with van der Waals surface area (Å²) in [6.45, 7) is 0.316. The molecule has 28 heavy (non-hydrogen) atoms. The number of nitrogens with one attached hydrogen (secondary N) is 1. The lowest BCUT2D eigenvalue weighted by Crippen LogP contribution is -2.33. The zero-order chi connectivity index (χ0) is 19.9. The van der Waals surface area contributed by atoms with E-state index in [-0.39, 0.29) is 37.4 Å². The van der Waals surface area contributed by atoms with Gasteiger partial charge in [0.15, 0.2) is 0 Å². The van der Waals surface area contributed by atoms with Gasteiger partial charge in [0, 0.05) is 31.1 Å². The number of nitrogens with zero attached hydrogens (tertiary/aromatic N) is 3. The van der Waals surface area contributed by atoms with E-state index in [1.165, 1.54) is 9.80 Å². The third kappa shape index (κ3) is 4.62. The third-order valence-electron chi connectivity index (χ3n) is 4.40. The summed E-state index contributed by atoms with van der Waals surface area (Å²) in [7, 11) is 1.58. The molecule has 4 amide bonds. The van der Waals surface area contributed by atoms with Gasteiger partial charge in [-0.05, 0) is 6.42 Å². The predicted octanol–water partition coefficient (Wildman–Crippen LogP) is 2.23. The molecule has 0 atom stereocenters. The number of hydrogen-bond acceptors (Lipinski definition) is 4. The zero-order valence-corrected chi connectivity index (χ0v) is 15.7. The van der Waals surface area contributed by atoms with Crippen molar-refractivity contribution in [3.63, 3.8) is 0 Å². The number of imide groups is 1. The van der Waals surface area contributed by atoms with Gasteiger partial charge in [0.05, 0.1) is 5.71 Å². The Hall–Kier alpha value is -3.48. The minimum absolute atomic E-state index is 0.0901. The van der Waals surface area contributed by atoms with E-state index in [4.69, 9.17) is 0 Å². The van der Waals surface area contributed by atoms with Crippen LogP contribution < -0.4 is 5.43 Å². The van der Waals surface area contributed by atoms with Crippen LogP contribution in [0.1, 0.15) is 24.0 Å². The Labute approximate surface area is 163 Å². The van der Waals surface area contributed by atoms with Crippen LogP contribution in [0.5, 0.6) is 0 Å². The number of benzene rings is 2. The average molecular weight is 378 g/mol. The van der Waals surface area contributed by atoms with Gasteiger partial charge in [-0.3, -0.25) is 14.5 Å². The van der Waals surface area contributed by atoms with Crippen molar-refractivity contribution in [3.05, 3.63) is 71.8 Å². The van der Waals surface area contributed by atoms with Crippen molar-refractivity contribution < 1.29 is 14.4 Å². The summed E-state index contributed by atoms with van der Waals surface area (Å²) in [5, 5.41) is 4.32. The van der Waals surface area contributed by atoms with Crippen molar-refractivity contribution >= 4 is 23.6 Å². The fraction of sp³-hybridized carbons (Fsp3) is 0.238. The minimum Gasteiger partial charge on any atom is -0.318 e. The highest BCUT2D eigenvalue weighted by Crippen LogP contribution is 2.11. The Balaban J connectivity index is 1.61. The Bertz CT molecular complexity index is 840. The first-order valence-corrected chi connectivity index (χ1v) is 9.09. The SMILES string of the molecule is CN1CC(=O)N(CCCC(=O)NN=C(c2ccccc2)c2ccccc2)C1=O. The van der Waals surface area contributed by atoms with E-state index in [9.17, 15) is 14.4 Å². The van der Waals surface area contributed by atoms with Gasteiger partial charge in [-0.25, -0.2) is 10.2 Å². The van der Waals surface area contributed by atoms with Crippen molar-refractivity contribution in [1.29, 1.82) is 0 Å². The molecule has 1 heterocycles. The Kier molecular flexibility index (Phi) is 6.16. The maximum atomic E-state index is 12.2. The van der Waals surface area contributed by atoms with Crippen LogP contribution >= 0.6 is 0 Å². The third-order valence-corrected chi connectivity index (χ3v) is 4.40. The molecule has 144 valence electrons. The van der Waals surface area contributed by atoms with E-state index in [0.717, 1.165) is 11.1 Å². The fourth-order valence-electron chi connectivity index (χ4n) is 2.95. The van der Waals surface area contributed by atoms with Gasteiger partial charge in [-0.2, -0.15) is 5.10 Å². The zero-order valence-electron chi connectivity index (χ0n) is 15.7. The molecule has 3 rings (SSSR count). The number of amides is 4. The molecule has 1 aliphatic heterocycles. The summed E-state index contributed by atoms with van der Waals surface area (Å²) in [5.41, 5.74) is 5.04. The number of carbonyl (C=O) groups excluding carboxylic acids is 3. The summed E-state index contributed by atoms with van der Waals surface area (Å²) in [6, 6.07) is 18.9. The molecule has 1 N–H and O–H groups in total. The van der Waals surface area contributed by atoms with Gasteiger partial charge in [-0.15, -0.1) is 0 Å². The number of carbonyl (C=O) groups is 3. The second-order valence-electron chi connectivity index (χ2n) is 6.52. The molecule has 0 unspecified atom stereocenters. The first-order valence-electron chi connectivity index (χ1n) is 9.09. The molecule has 0 spiro atoms. The first-order chi connectivity index (χ1) is 13.6. The largest absolute Gasteiger partial charge is 0.326 e. The fourth-order valence-corrected chi connectivity index (χ4v) is 2.95. The normalized spacial score (nSPS) is 13.6. The lowest BCUT2D eigenvalue weighted by Gasteiger charge is -2.13. The second kappa shape index (κ2) is 8.94. The smallest absolute Gasteiger partial charge is 0.318 e. The molecule has 2 aromatic rings. The van der Waals surface area contributed by atoms with Gasteiger partial charge >= 0.3 is 6.03 Å². The molecule has 0 saturated carbocycles. The topological polar surface area (TPSA) is 82.1 Å². The quantitative estimate of drug-likeness (QED) is 0.456. The maximum Gasteiger partial charge on any atom is 0.326 e. The highest BCUT2D eigenvalue weighted by molar-refractivity contribution is 6.13. The highest BCUT2D eigenvalue weighted by atomic mass is 16.2. The van der Waals surface area contributed by atoms with Crippen LogP contribution in [0, 0.1) is 0 Å². The van der Waals surface area contributed by atoms with E-state index in [1.807, 2.05) is 60.7 Å². The molecule has 2 aromatic carbocycles. The number of rotatable bonds is 7. The second-order valence-corrected chi connectivity index (χ2v) is 6.52. The lowest BCUT2D eigenvalue weighted by molar-refractivity contribution is -0.126.